The topological polar surface area (TPSA) is 64.9 Å². The third-order valence-corrected chi connectivity index (χ3v) is 2.66. The van der Waals surface area contributed by atoms with E-state index in [2.05, 4.69) is 4.98 Å². The zero-order valence-electron chi connectivity index (χ0n) is 8.56. The van der Waals surface area contributed by atoms with E-state index in [1.165, 1.54) is 0 Å². The van der Waals surface area contributed by atoms with Crippen LogP contribution >= 0.6 is 24.0 Å². The minimum absolute atomic E-state index is 0. The molecule has 86 valence electrons. The van der Waals surface area contributed by atoms with Gasteiger partial charge in [-0.1, -0.05) is 29.8 Å². The van der Waals surface area contributed by atoms with Gasteiger partial charge in [-0.2, -0.15) is 0 Å². The van der Waals surface area contributed by atoms with Crippen molar-refractivity contribution in [1.29, 1.82) is 0 Å². The summed E-state index contributed by atoms with van der Waals surface area (Å²) in [6, 6.07) is 9.46. The quantitative estimate of drug-likeness (QED) is 0.812. The van der Waals surface area contributed by atoms with Crippen molar-refractivity contribution >= 4 is 34.9 Å². The van der Waals surface area contributed by atoms with Gasteiger partial charge >= 0.3 is 0 Å². The molecule has 2 rings (SSSR count). The van der Waals surface area contributed by atoms with Gasteiger partial charge in [0.25, 0.3) is 0 Å². The summed E-state index contributed by atoms with van der Waals surface area (Å²) >= 11 is 6.03. The Bertz CT molecular complexity index is 488. The van der Waals surface area contributed by atoms with E-state index in [-0.39, 0.29) is 18.4 Å². The molecule has 0 radical (unpaired) electrons. The van der Waals surface area contributed by atoms with Crippen LogP contribution in [0.5, 0.6) is 0 Å². The number of aromatic nitrogens is 1. The molecule has 0 aliphatic carbocycles. The molecule has 1 atom stereocenters. The van der Waals surface area contributed by atoms with E-state index in [9.17, 15) is 0 Å². The van der Waals surface area contributed by atoms with Crippen molar-refractivity contribution in [1.82, 2.24) is 4.98 Å². The minimum Gasteiger partial charge on any atom is -0.329 e. The summed E-state index contributed by atoms with van der Waals surface area (Å²) in [5, 5.41) is 1.47. The SMILES string of the molecule is Cl.NC[C@@H](N)c1cc2ccccc2nc1Cl. The van der Waals surface area contributed by atoms with Gasteiger partial charge in [-0.25, -0.2) is 4.98 Å². The lowest BCUT2D eigenvalue weighted by atomic mass is 10.1. The van der Waals surface area contributed by atoms with Crippen molar-refractivity contribution in [3.63, 3.8) is 0 Å². The van der Waals surface area contributed by atoms with Gasteiger partial charge in [0.05, 0.1) is 5.52 Å². The third-order valence-electron chi connectivity index (χ3n) is 2.36. The molecule has 5 heteroatoms. The van der Waals surface area contributed by atoms with Crippen LogP contribution in [-0.4, -0.2) is 11.5 Å². The smallest absolute Gasteiger partial charge is 0.134 e. The number of para-hydroxylation sites is 1. The molecule has 0 aliphatic heterocycles. The van der Waals surface area contributed by atoms with Gasteiger partial charge in [-0.05, 0) is 12.1 Å². The van der Waals surface area contributed by atoms with E-state index in [0.717, 1.165) is 16.5 Å². The van der Waals surface area contributed by atoms with Crippen molar-refractivity contribution < 1.29 is 0 Å². The molecule has 1 heterocycles. The maximum absolute atomic E-state index is 6.03. The molecule has 4 N–H and O–H groups in total. The Morgan fingerprint density at radius 1 is 1.31 bits per heavy atom. The number of nitrogens with two attached hydrogens (primary N) is 2. The summed E-state index contributed by atoms with van der Waals surface area (Å²) in [4.78, 5) is 4.27. The van der Waals surface area contributed by atoms with Crippen LogP contribution in [-0.2, 0) is 0 Å². The Labute approximate surface area is 105 Å². The van der Waals surface area contributed by atoms with Gasteiger partial charge in [0.2, 0.25) is 0 Å². The lowest BCUT2D eigenvalue weighted by Gasteiger charge is -2.11. The molecule has 0 aliphatic rings. The number of rotatable bonds is 2. The standard InChI is InChI=1S/C11H12ClN3.ClH/c12-11-8(9(14)6-13)5-7-3-1-2-4-10(7)15-11;/h1-5,9H,6,13-14H2;1H/t9-;/m1./s1. The number of benzene rings is 1. The van der Waals surface area contributed by atoms with Crippen LogP contribution in [0, 0.1) is 0 Å². The predicted molar refractivity (Wildman–Crippen MR) is 70.0 cm³/mol. The van der Waals surface area contributed by atoms with Gasteiger partial charge in [-0.3, -0.25) is 0 Å². The number of hydrogen-bond acceptors (Lipinski definition) is 3. The highest BCUT2D eigenvalue weighted by Gasteiger charge is 2.10. The molecule has 0 saturated carbocycles. The average molecular weight is 258 g/mol. The maximum Gasteiger partial charge on any atom is 0.134 e. The molecule has 0 saturated heterocycles. The minimum atomic E-state index is -0.255. The Morgan fingerprint density at radius 3 is 2.69 bits per heavy atom. The number of fused-ring (bicyclic) bond motifs is 1. The predicted octanol–water partition coefficient (Wildman–Crippen LogP) is 2.27. The van der Waals surface area contributed by atoms with Gasteiger partial charge in [0.15, 0.2) is 0 Å². The van der Waals surface area contributed by atoms with Crippen LogP contribution in [0.1, 0.15) is 11.6 Å². The molecule has 0 bridgehead atoms. The average Bonchev–Trinajstić information content (AvgIpc) is 2.27. The summed E-state index contributed by atoms with van der Waals surface area (Å²) in [6.07, 6.45) is 0. The Balaban J connectivity index is 0.00000128. The van der Waals surface area contributed by atoms with E-state index < -0.39 is 0 Å². The molecule has 0 spiro atoms. The first-order valence-corrected chi connectivity index (χ1v) is 5.11. The van der Waals surface area contributed by atoms with Crippen LogP contribution in [0.4, 0.5) is 0 Å². The molecule has 0 unspecified atom stereocenters. The number of nitrogens with zero attached hydrogens (tertiary/aromatic N) is 1. The number of halogens is 2. The number of hydrogen-bond donors (Lipinski definition) is 2. The summed E-state index contributed by atoms with van der Waals surface area (Å²) in [6.45, 7) is 0.361. The molecule has 3 nitrogen and oxygen atoms in total. The molecular weight excluding hydrogens is 245 g/mol. The lowest BCUT2D eigenvalue weighted by Crippen LogP contribution is -2.21. The maximum atomic E-state index is 6.03. The Hall–Kier alpha value is -0.870. The van der Waals surface area contributed by atoms with Crippen molar-refractivity contribution in [2.75, 3.05) is 6.54 Å². The van der Waals surface area contributed by atoms with Crippen molar-refractivity contribution in [2.24, 2.45) is 11.5 Å². The highest BCUT2D eigenvalue weighted by atomic mass is 35.5. The second-order valence-electron chi connectivity index (χ2n) is 3.40. The Morgan fingerprint density at radius 2 is 2.00 bits per heavy atom. The second-order valence-corrected chi connectivity index (χ2v) is 3.76. The summed E-state index contributed by atoms with van der Waals surface area (Å²) in [7, 11) is 0. The fourth-order valence-electron chi connectivity index (χ4n) is 1.50. The van der Waals surface area contributed by atoms with Crippen molar-refractivity contribution in [2.45, 2.75) is 6.04 Å². The van der Waals surface area contributed by atoms with Crippen LogP contribution in [0.2, 0.25) is 5.15 Å². The van der Waals surface area contributed by atoms with E-state index in [4.69, 9.17) is 23.1 Å². The van der Waals surface area contributed by atoms with E-state index in [1.54, 1.807) is 0 Å². The first-order chi connectivity index (χ1) is 7.22. The normalized spacial score (nSPS) is 12.2. The molecule has 2 aromatic rings. The van der Waals surface area contributed by atoms with Crippen LogP contribution in [0.15, 0.2) is 30.3 Å². The first-order valence-electron chi connectivity index (χ1n) is 4.73. The van der Waals surface area contributed by atoms with Gasteiger partial charge in [0.1, 0.15) is 5.15 Å². The zero-order chi connectivity index (χ0) is 10.8. The molecule has 0 fully saturated rings. The summed E-state index contributed by atoms with van der Waals surface area (Å²) in [5.74, 6) is 0. The summed E-state index contributed by atoms with van der Waals surface area (Å²) < 4.78 is 0. The van der Waals surface area contributed by atoms with Gasteiger partial charge in [0, 0.05) is 23.5 Å². The van der Waals surface area contributed by atoms with E-state index in [0.29, 0.717) is 11.7 Å². The molecule has 0 amide bonds. The third kappa shape index (κ3) is 2.44. The lowest BCUT2D eigenvalue weighted by molar-refractivity contribution is 0.735. The van der Waals surface area contributed by atoms with Crippen LogP contribution in [0.3, 0.4) is 0 Å². The fraction of sp³-hybridized carbons (Fsp3) is 0.182. The van der Waals surface area contributed by atoms with Gasteiger partial charge in [-0.15, -0.1) is 12.4 Å². The molecule has 16 heavy (non-hydrogen) atoms. The Kier molecular flexibility index (Phi) is 4.50. The monoisotopic (exact) mass is 257 g/mol. The van der Waals surface area contributed by atoms with Crippen molar-refractivity contribution in [3.8, 4) is 0 Å². The largest absolute Gasteiger partial charge is 0.329 e. The second kappa shape index (κ2) is 5.46. The first kappa shape index (κ1) is 13.2. The van der Waals surface area contributed by atoms with Crippen LogP contribution in [0.25, 0.3) is 10.9 Å². The highest BCUT2D eigenvalue weighted by molar-refractivity contribution is 6.30. The van der Waals surface area contributed by atoms with E-state index in [1.807, 2.05) is 30.3 Å². The highest BCUT2D eigenvalue weighted by Crippen LogP contribution is 2.23. The van der Waals surface area contributed by atoms with Crippen molar-refractivity contribution in [3.05, 3.63) is 41.0 Å². The number of pyridine rings is 1. The van der Waals surface area contributed by atoms with Crippen LogP contribution < -0.4 is 11.5 Å². The zero-order valence-corrected chi connectivity index (χ0v) is 10.1. The molecule has 1 aromatic carbocycles. The van der Waals surface area contributed by atoms with Gasteiger partial charge < -0.3 is 11.5 Å². The summed E-state index contributed by atoms with van der Waals surface area (Å²) in [5.41, 5.74) is 13.0. The van der Waals surface area contributed by atoms with E-state index >= 15 is 0 Å². The fourth-order valence-corrected chi connectivity index (χ4v) is 1.78. The molecule has 1 aromatic heterocycles. The molecular formula is C11H13Cl2N3.